The average molecular weight is 408 g/mol. The smallest absolute Gasteiger partial charge is 0.311 e. The highest BCUT2D eigenvalue weighted by Crippen LogP contribution is 2.32. The first kappa shape index (κ1) is 21.8. The highest BCUT2D eigenvalue weighted by molar-refractivity contribution is 5.87. The van der Waals surface area contributed by atoms with Gasteiger partial charge in [0.1, 0.15) is 0 Å². The van der Waals surface area contributed by atoms with Crippen LogP contribution in [0.25, 0.3) is 10.9 Å². The topological polar surface area (TPSA) is 66.3 Å². The normalized spacial score (nSPS) is 12.7. The second kappa shape index (κ2) is 8.82. The molecule has 3 N–H and O–H groups in total. The van der Waals surface area contributed by atoms with Crippen LogP contribution in [0.3, 0.4) is 0 Å². The van der Waals surface area contributed by atoms with Gasteiger partial charge in [-0.15, -0.1) is 0 Å². The maximum atomic E-state index is 11.8. The van der Waals surface area contributed by atoms with Gasteiger partial charge in [-0.1, -0.05) is 37.6 Å². The summed E-state index contributed by atoms with van der Waals surface area (Å²) in [7, 11) is 2.07. The van der Waals surface area contributed by atoms with E-state index >= 15 is 0 Å². The Hall–Kier alpha value is -2.95. The van der Waals surface area contributed by atoms with E-state index in [0.717, 1.165) is 24.2 Å². The molecule has 3 aromatic rings. The highest BCUT2D eigenvalue weighted by Gasteiger charge is 2.36. The molecule has 0 radical (unpaired) electrons. The number of hydrogen-bond donors (Lipinski definition) is 3. The van der Waals surface area contributed by atoms with Gasteiger partial charge in [0.05, 0.1) is 16.8 Å². The van der Waals surface area contributed by atoms with Crippen LogP contribution in [0.2, 0.25) is 0 Å². The maximum absolute atomic E-state index is 11.8. The van der Waals surface area contributed by atoms with E-state index < -0.39 is 11.4 Å². The molecular formula is C25H33N3O2. The average Bonchev–Trinajstić information content (AvgIpc) is 3.04. The zero-order chi connectivity index (χ0) is 21.9. The molecule has 0 aliphatic carbocycles. The van der Waals surface area contributed by atoms with E-state index in [1.165, 1.54) is 22.0 Å². The van der Waals surface area contributed by atoms with E-state index in [9.17, 15) is 9.90 Å². The third-order valence-corrected chi connectivity index (χ3v) is 6.03. The molecule has 5 nitrogen and oxygen atoms in total. The minimum Gasteiger partial charge on any atom is -0.481 e. The van der Waals surface area contributed by atoms with Crippen LogP contribution in [0.4, 0.5) is 11.4 Å². The monoisotopic (exact) mass is 407 g/mol. The Morgan fingerprint density at radius 1 is 1.13 bits per heavy atom. The summed E-state index contributed by atoms with van der Waals surface area (Å²) in [6.45, 7) is 8.50. The van der Waals surface area contributed by atoms with Gasteiger partial charge in [-0.3, -0.25) is 4.79 Å². The molecule has 0 spiro atoms. The Balaban J connectivity index is 1.85. The molecule has 30 heavy (non-hydrogen) atoms. The number of fused-ring (bicyclic) bond motifs is 1. The molecule has 0 amide bonds. The first-order valence-corrected chi connectivity index (χ1v) is 10.6. The number of nitrogens with zero attached hydrogens (tertiary/aromatic N) is 1. The van der Waals surface area contributed by atoms with Gasteiger partial charge >= 0.3 is 5.97 Å². The third-order valence-electron chi connectivity index (χ3n) is 6.03. The largest absolute Gasteiger partial charge is 0.481 e. The van der Waals surface area contributed by atoms with E-state index in [1.807, 2.05) is 24.3 Å². The first-order valence-electron chi connectivity index (χ1n) is 10.6. The lowest BCUT2D eigenvalue weighted by atomic mass is 9.82. The van der Waals surface area contributed by atoms with E-state index in [-0.39, 0.29) is 6.04 Å². The van der Waals surface area contributed by atoms with E-state index in [1.54, 1.807) is 13.8 Å². The van der Waals surface area contributed by atoms with Crippen LogP contribution in [-0.4, -0.2) is 21.7 Å². The highest BCUT2D eigenvalue weighted by atomic mass is 16.4. The fourth-order valence-electron chi connectivity index (χ4n) is 4.06. The molecule has 160 valence electrons. The number of benzene rings is 2. The fraction of sp³-hybridized carbons (Fsp3) is 0.400. The van der Waals surface area contributed by atoms with Crippen LogP contribution in [0.15, 0.2) is 48.7 Å². The van der Waals surface area contributed by atoms with Crippen LogP contribution in [0.1, 0.15) is 44.7 Å². The van der Waals surface area contributed by atoms with Crippen molar-refractivity contribution in [2.24, 2.45) is 12.5 Å². The van der Waals surface area contributed by atoms with Gasteiger partial charge in [-0.25, -0.2) is 0 Å². The lowest BCUT2D eigenvalue weighted by Crippen LogP contribution is -2.42. The Morgan fingerprint density at radius 2 is 1.83 bits per heavy atom. The number of aryl methyl sites for hydroxylation is 2. The maximum Gasteiger partial charge on any atom is 0.311 e. The van der Waals surface area contributed by atoms with Crippen molar-refractivity contribution in [1.82, 2.24) is 4.57 Å². The predicted octanol–water partition coefficient (Wildman–Crippen LogP) is 5.79. The molecule has 1 atom stereocenters. The molecule has 0 saturated heterocycles. The SMILES string of the molecule is CCCC(Nc1ccccc1NCc1cn(C)c2cccc(C)c12)C(C)(C)C(=O)O. The van der Waals surface area contributed by atoms with Gasteiger partial charge in [-0.2, -0.15) is 0 Å². The van der Waals surface area contributed by atoms with Crippen molar-refractivity contribution < 1.29 is 9.90 Å². The number of nitrogens with one attached hydrogen (secondary N) is 2. The number of aromatic nitrogens is 1. The van der Waals surface area contributed by atoms with E-state index in [0.29, 0.717) is 6.54 Å². The first-order chi connectivity index (χ1) is 14.3. The molecule has 0 bridgehead atoms. The quantitative estimate of drug-likeness (QED) is 0.420. The second-order valence-corrected chi connectivity index (χ2v) is 8.65. The lowest BCUT2D eigenvalue weighted by molar-refractivity contribution is -0.147. The number of para-hydroxylation sites is 2. The van der Waals surface area contributed by atoms with Crippen molar-refractivity contribution in [3.63, 3.8) is 0 Å². The number of rotatable bonds is 9. The molecule has 5 heteroatoms. The van der Waals surface area contributed by atoms with Crippen molar-refractivity contribution in [2.75, 3.05) is 10.6 Å². The third kappa shape index (κ3) is 4.30. The van der Waals surface area contributed by atoms with Crippen LogP contribution >= 0.6 is 0 Å². The molecular weight excluding hydrogens is 374 g/mol. The number of carbonyl (C=O) groups is 1. The zero-order valence-electron chi connectivity index (χ0n) is 18.6. The molecule has 0 saturated carbocycles. The van der Waals surface area contributed by atoms with Crippen molar-refractivity contribution in [3.8, 4) is 0 Å². The number of aliphatic carboxylic acids is 1. The van der Waals surface area contributed by atoms with Crippen LogP contribution in [0, 0.1) is 12.3 Å². The molecule has 0 aliphatic heterocycles. The summed E-state index contributed by atoms with van der Waals surface area (Å²) >= 11 is 0. The summed E-state index contributed by atoms with van der Waals surface area (Å²) in [5.41, 5.74) is 4.78. The molecule has 1 heterocycles. The Labute approximate surface area is 179 Å². The number of carboxylic acids is 1. The number of carboxylic acid groups (broad SMARTS) is 1. The summed E-state index contributed by atoms with van der Waals surface area (Å²) in [6, 6.07) is 14.2. The van der Waals surface area contributed by atoms with E-state index in [2.05, 4.69) is 60.5 Å². The Morgan fingerprint density at radius 3 is 2.50 bits per heavy atom. The van der Waals surface area contributed by atoms with Gasteiger partial charge in [0.15, 0.2) is 0 Å². The lowest BCUT2D eigenvalue weighted by Gasteiger charge is -2.32. The van der Waals surface area contributed by atoms with Crippen LogP contribution < -0.4 is 10.6 Å². The molecule has 1 unspecified atom stereocenters. The van der Waals surface area contributed by atoms with Crippen molar-refractivity contribution >= 4 is 28.2 Å². The Bertz CT molecular complexity index is 1040. The van der Waals surface area contributed by atoms with E-state index in [4.69, 9.17) is 0 Å². The minimum absolute atomic E-state index is 0.164. The van der Waals surface area contributed by atoms with Crippen molar-refractivity contribution in [3.05, 3.63) is 59.8 Å². The summed E-state index contributed by atoms with van der Waals surface area (Å²) in [5.74, 6) is -0.787. The van der Waals surface area contributed by atoms with Crippen molar-refractivity contribution in [2.45, 2.75) is 53.1 Å². The molecule has 1 aromatic heterocycles. The van der Waals surface area contributed by atoms with Gasteiger partial charge < -0.3 is 20.3 Å². The summed E-state index contributed by atoms with van der Waals surface area (Å²) in [5, 5.41) is 18.1. The van der Waals surface area contributed by atoms with Crippen LogP contribution in [-0.2, 0) is 18.4 Å². The summed E-state index contributed by atoms with van der Waals surface area (Å²) < 4.78 is 2.16. The second-order valence-electron chi connectivity index (χ2n) is 8.65. The molecule has 0 aliphatic rings. The predicted molar refractivity (Wildman–Crippen MR) is 125 cm³/mol. The minimum atomic E-state index is -0.865. The standard InChI is InChI=1S/C25H33N3O2/c1-6-10-22(25(3,4)24(29)30)27-20-13-8-7-12-19(20)26-15-18-16-28(5)21-14-9-11-17(2)23(18)21/h7-9,11-14,16,22,26-27H,6,10,15H2,1-5H3,(H,29,30). The molecule has 3 rings (SSSR count). The summed E-state index contributed by atoms with van der Waals surface area (Å²) in [4.78, 5) is 11.8. The fourth-order valence-corrected chi connectivity index (χ4v) is 4.06. The van der Waals surface area contributed by atoms with Gasteiger partial charge in [0, 0.05) is 36.7 Å². The van der Waals surface area contributed by atoms with Gasteiger partial charge in [0.25, 0.3) is 0 Å². The number of anilines is 2. The summed E-state index contributed by atoms with van der Waals surface area (Å²) in [6.07, 6.45) is 3.88. The van der Waals surface area contributed by atoms with Gasteiger partial charge in [-0.05, 0) is 56.5 Å². The number of hydrogen-bond acceptors (Lipinski definition) is 3. The van der Waals surface area contributed by atoms with Crippen molar-refractivity contribution in [1.29, 1.82) is 0 Å². The Kier molecular flexibility index (Phi) is 6.40. The molecule has 2 aromatic carbocycles. The molecule has 0 fully saturated rings. The zero-order valence-corrected chi connectivity index (χ0v) is 18.6. The van der Waals surface area contributed by atoms with Crippen LogP contribution in [0.5, 0.6) is 0 Å². The van der Waals surface area contributed by atoms with Gasteiger partial charge in [0.2, 0.25) is 0 Å².